The van der Waals surface area contributed by atoms with Crippen molar-refractivity contribution >= 4 is 11.8 Å². The maximum absolute atomic E-state index is 13.1. The van der Waals surface area contributed by atoms with Gasteiger partial charge in [0.2, 0.25) is 5.91 Å². The van der Waals surface area contributed by atoms with Gasteiger partial charge in [0.1, 0.15) is 5.75 Å². The van der Waals surface area contributed by atoms with E-state index in [4.69, 9.17) is 4.74 Å². The third kappa shape index (κ3) is 4.81. The van der Waals surface area contributed by atoms with Gasteiger partial charge in [-0.2, -0.15) is 0 Å². The minimum Gasteiger partial charge on any atom is -0.405 e. The van der Waals surface area contributed by atoms with Crippen molar-refractivity contribution in [2.45, 2.75) is 38.5 Å². The Labute approximate surface area is 179 Å². The van der Waals surface area contributed by atoms with Gasteiger partial charge in [-0.1, -0.05) is 18.6 Å². The maximum Gasteiger partial charge on any atom is 0.573 e. The van der Waals surface area contributed by atoms with E-state index in [1.165, 1.54) is 18.2 Å². The first-order valence-corrected chi connectivity index (χ1v) is 10.8. The number of benzene rings is 1. The normalized spacial score (nSPS) is 23.0. The van der Waals surface area contributed by atoms with E-state index in [-0.39, 0.29) is 22.8 Å². The highest BCUT2D eigenvalue weighted by atomic mass is 19.4. The number of amides is 2. The van der Waals surface area contributed by atoms with Gasteiger partial charge in [-0.3, -0.25) is 9.59 Å². The molecule has 2 amide bonds. The van der Waals surface area contributed by atoms with Crippen LogP contribution >= 0.6 is 0 Å². The predicted octanol–water partition coefficient (Wildman–Crippen LogP) is 3.47. The van der Waals surface area contributed by atoms with Gasteiger partial charge in [-0.25, -0.2) is 0 Å². The summed E-state index contributed by atoms with van der Waals surface area (Å²) in [6.07, 6.45) is -0.729. The number of rotatable bonds is 5. The van der Waals surface area contributed by atoms with Crippen molar-refractivity contribution in [3.05, 3.63) is 29.8 Å². The number of nitrogens with zero attached hydrogens (tertiary/aromatic N) is 2. The Bertz CT molecular complexity index is 819. The molecule has 0 N–H and O–H groups in total. The fourth-order valence-corrected chi connectivity index (χ4v) is 5.08. The molecule has 2 saturated heterocycles. The van der Waals surface area contributed by atoms with Crippen LogP contribution in [0.1, 0.15) is 42.5 Å². The molecule has 4 rings (SSSR count). The Morgan fingerprint density at radius 2 is 1.84 bits per heavy atom. The number of carbonyl (C=O) groups is 2. The summed E-state index contributed by atoms with van der Waals surface area (Å²) >= 11 is 0. The summed E-state index contributed by atoms with van der Waals surface area (Å²) in [5, 5.41) is 0. The molecule has 0 bridgehead atoms. The average molecular weight is 440 g/mol. The van der Waals surface area contributed by atoms with Crippen molar-refractivity contribution in [2.75, 3.05) is 39.4 Å². The van der Waals surface area contributed by atoms with Crippen LogP contribution in [0.4, 0.5) is 13.2 Å². The highest BCUT2D eigenvalue weighted by molar-refractivity contribution is 5.97. The van der Waals surface area contributed by atoms with Gasteiger partial charge in [0.15, 0.2) is 0 Å². The van der Waals surface area contributed by atoms with Gasteiger partial charge in [0.25, 0.3) is 5.91 Å². The smallest absolute Gasteiger partial charge is 0.405 e. The van der Waals surface area contributed by atoms with E-state index < -0.39 is 18.0 Å². The molecular formula is C22H27F3N2O4. The molecule has 3 fully saturated rings. The van der Waals surface area contributed by atoms with Crippen LogP contribution in [0.25, 0.3) is 0 Å². The third-order valence-corrected chi connectivity index (χ3v) is 6.86. The summed E-state index contributed by atoms with van der Waals surface area (Å²) in [5.74, 6) is -0.654. The number of morpholine rings is 1. The Kier molecular flexibility index (Phi) is 6.14. The molecule has 1 atom stereocenters. The monoisotopic (exact) mass is 440 g/mol. The van der Waals surface area contributed by atoms with Gasteiger partial charge >= 0.3 is 6.36 Å². The molecule has 2 aliphatic heterocycles. The summed E-state index contributed by atoms with van der Waals surface area (Å²) in [5.41, 5.74) is -0.111. The summed E-state index contributed by atoms with van der Waals surface area (Å²) in [6.45, 7) is 3.30. The van der Waals surface area contributed by atoms with Crippen LogP contribution in [-0.2, 0) is 9.53 Å². The van der Waals surface area contributed by atoms with Crippen LogP contribution in [0, 0.1) is 11.3 Å². The van der Waals surface area contributed by atoms with Crippen LogP contribution in [-0.4, -0.2) is 67.4 Å². The van der Waals surface area contributed by atoms with Crippen LogP contribution in [0.3, 0.4) is 0 Å². The number of para-hydroxylation sites is 1. The van der Waals surface area contributed by atoms with Crippen LogP contribution in [0.15, 0.2) is 24.3 Å². The molecule has 1 aromatic carbocycles. The fraction of sp³-hybridized carbons (Fsp3) is 0.636. The Morgan fingerprint density at radius 3 is 2.48 bits per heavy atom. The van der Waals surface area contributed by atoms with Gasteiger partial charge < -0.3 is 19.3 Å². The molecule has 3 aliphatic rings. The highest BCUT2D eigenvalue weighted by Crippen LogP contribution is 2.53. The van der Waals surface area contributed by atoms with Crippen LogP contribution in [0.5, 0.6) is 5.75 Å². The number of alkyl halides is 3. The molecule has 2 heterocycles. The maximum atomic E-state index is 13.1. The molecular weight excluding hydrogens is 413 g/mol. The highest BCUT2D eigenvalue weighted by Gasteiger charge is 2.51. The lowest BCUT2D eigenvalue weighted by molar-refractivity contribution is -0.274. The zero-order chi connectivity index (χ0) is 22.1. The molecule has 0 radical (unpaired) electrons. The molecule has 1 saturated carbocycles. The molecule has 31 heavy (non-hydrogen) atoms. The third-order valence-electron chi connectivity index (χ3n) is 6.86. The molecule has 170 valence electrons. The van der Waals surface area contributed by atoms with Crippen molar-refractivity contribution < 1.29 is 32.2 Å². The minimum absolute atomic E-state index is 0.0270. The SMILES string of the molecule is O=C(CCC1CN(C(=O)c2ccccc2OC(F)(F)F)CC12CCC2)N1CCOCC1. The molecule has 6 nitrogen and oxygen atoms in total. The average Bonchev–Trinajstić information content (AvgIpc) is 3.12. The van der Waals surface area contributed by atoms with Gasteiger partial charge in [-0.05, 0) is 42.7 Å². The van der Waals surface area contributed by atoms with Crippen LogP contribution < -0.4 is 4.74 Å². The zero-order valence-electron chi connectivity index (χ0n) is 17.3. The summed E-state index contributed by atoms with van der Waals surface area (Å²) < 4.78 is 47.6. The molecule has 9 heteroatoms. The van der Waals surface area contributed by atoms with E-state index in [9.17, 15) is 22.8 Å². The number of ether oxygens (including phenoxy) is 2. The molecule has 1 spiro atoms. The van der Waals surface area contributed by atoms with E-state index in [1.807, 2.05) is 4.90 Å². The number of hydrogen-bond acceptors (Lipinski definition) is 4. The lowest BCUT2D eigenvalue weighted by Crippen LogP contribution is -2.42. The molecule has 0 aromatic heterocycles. The second-order valence-electron chi connectivity index (χ2n) is 8.67. The van der Waals surface area contributed by atoms with E-state index >= 15 is 0 Å². The number of carbonyl (C=O) groups excluding carboxylic acids is 2. The quantitative estimate of drug-likeness (QED) is 0.704. The van der Waals surface area contributed by atoms with Gasteiger partial charge in [-0.15, -0.1) is 13.2 Å². The summed E-state index contributed by atoms with van der Waals surface area (Å²) in [6, 6.07) is 5.47. The first kappa shape index (κ1) is 21.9. The van der Waals surface area contributed by atoms with Gasteiger partial charge in [0, 0.05) is 32.6 Å². The first-order valence-electron chi connectivity index (χ1n) is 10.8. The molecule has 1 aromatic rings. The van der Waals surface area contributed by atoms with Gasteiger partial charge in [0.05, 0.1) is 18.8 Å². The lowest BCUT2D eigenvalue weighted by Gasteiger charge is -2.43. The second kappa shape index (κ2) is 8.68. The van der Waals surface area contributed by atoms with Crippen molar-refractivity contribution in [1.82, 2.24) is 9.80 Å². The van der Waals surface area contributed by atoms with E-state index in [0.717, 1.165) is 25.3 Å². The summed E-state index contributed by atoms with van der Waals surface area (Å²) in [4.78, 5) is 29.1. The van der Waals surface area contributed by atoms with E-state index in [2.05, 4.69) is 4.74 Å². The Morgan fingerprint density at radius 1 is 1.13 bits per heavy atom. The van der Waals surface area contributed by atoms with E-state index in [1.54, 1.807) is 4.90 Å². The van der Waals surface area contributed by atoms with Crippen molar-refractivity contribution in [3.63, 3.8) is 0 Å². The number of likely N-dealkylation sites (tertiary alicyclic amines) is 1. The first-order chi connectivity index (χ1) is 14.8. The second-order valence-corrected chi connectivity index (χ2v) is 8.67. The van der Waals surface area contributed by atoms with Crippen LogP contribution in [0.2, 0.25) is 0 Å². The Balaban J connectivity index is 1.43. The molecule has 1 unspecified atom stereocenters. The van der Waals surface area contributed by atoms with E-state index in [0.29, 0.717) is 52.2 Å². The summed E-state index contributed by atoms with van der Waals surface area (Å²) in [7, 11) is 0. The standard InChI is InChI=1S/C22H27F3N2O4/c23-22(24,25)31-18-5-2-1-4-17(18)20(29)27-14-16(21(15-27)8-3-9-21)6-7-19(28)26-10-12-30-13-11-26/h1-2,4-5,16H,3,6-15H2. The molecule has 1 aliphatic carbocycles. The predicted molar refractivity (Wildman–Crippen MR) is 105 cm³/mol. The fourth-order valence-electron chi connectivity index (χ4n) is 5.08. The lowest BCUT2D eigenvalue weighted by atomic mass is 9.62. The number of halogens is 3. The van der Waals surface area contributed by atoms with Crippen molar-refractivity contribution in [1.29, 1.82) is 0 Å². The van der Waals surface area contributed by atoms with Crippen molar-refractivity contribution in [2.24, 2.45) is 11.3 Å². The largest absolute Gasteiger partial charge is 0.573 e. The number of hydrogen-bond donors (Lipinski definition) is 0. The zero-order valence-corrected chi connectivity index (χ0v) is 17.3. The Hall–Kier alpha value is -2.29. The van der Waals surface area contributed by atoms with Crippen molar-refractivity contribution in [3.8, 4) is 5.75 Å². The minimum atomic E-state index is -4.86. The topological polar surface area (TPSA) is 59.1 Å².